The van der Waals surface area contributed by atoms with Gasteiger partial charge in [-0.2, -0.15) is 5.06 Å². The quantitative estimate of drug-likeness (QED) is 0.391. The Labute approximate surface area is 121 Å². The summed E-state index contributed by atoms with van der Waals surface area (Å²) in [4.78, 5) is 5.64. The molecule has 1 unspecified atom stereocenters. The van der Waals surface area contributed by atoms with Gasteiger partial charge in [0.2, 0.25) is 0 Å². The maximum atomic E-state index is 5.84. The highest BCUT2D eigenvalue weighted by atomic mass is 127. The van der Waals surface area contributed by atoms with Crippen molar-refractivity contribution in [2.75, 3.05) is 13.7 Å². The predicted molar refractivity (Wildman–Crippen MR) is 84.4 cm³/mol. The maximum Gasteiger partial charge on any atom is 0.114 e. The van der Waals surface area contributed by atoms with Gasteiger partial charge in [-0.25, -0.2) is 0 Å². The van der Waals surface area contributed by atoms with Gasteiger partial charge >= 0.3 is 0 Å². The fourth-order valence-corrected chi connectivity index (χ4v) is 7.30. The molecule has 3 nitrogen and oxygen atoms in total. The standard InChI is InChI=1S/C12H27INO2P/c1-9-16-17(13)10(11(2,3)4)14(15-8)12(5,6)7/h10H,9H2,1-8H3/t10-,17?/m0/s1. The van der Waals surface area contributed by atoms with Crippen LogP contribution in [0.15, 0.2) is 0 Å². The molecule has 0 aliphatic carbocycles. The van der Waals surface area contributed by atoms with Gasteiger partial charge in [-0.3, -0.25) is 0 Å². The van der Waals surface area contributed by atoms with Crippen LogP contribution in [-0.4, -0.2) is 30.1 Å². The van der Waals surface area contributed by atoms with Crippen LogP contribution in [0.1, 0.15) is 48.5 Å². The molecule has 0 bridgehead atoms. The average molecular weight is 375 g/mol. The average Bonchev–Trinajstić information content (AvgIpc) is 2.09. The summed E-state index contributed by atoms with van der Waals surface area (Å²) in [6.45, 7) is 16.0. The molecule has 5 heteroatoms. The number of hydrogen-bond acceptors (Lipinski definition) is 3. The van der Waals surface area contributed by atoms with Crippen LogP contribution < -0.4 is 0 Å². The van der Waals surface area contributed by atoms with E-state index in [1.165, 1.54) is 0 Å². The van der Waals surface area contributed by atoms with Crippen LogP contribution >= 0.6 is 27.8 Å². The monoisotopic (exact) mass is 375 g/mol. The molecule has 0 fully saturated rings. The van der Waals surface area contributed by atoms with Crippen LogP contribution in [0.5, 0.6) is 0 Å². The zero-order valence-corrected chi connectivity index (χ0v) is 15.4. The summed E-state index contributed by atoms with van der Waals surface area (Å²) in [7, 11) is 1.75. The molecule has 0 rings (SSSR count). The van der Waals surface area contributed by atoms with Crippen LogP contribution in [0.25, 0.3) is 0 Å². The third kappa shape index (κ3) is 5.68. The second-order valence-electron chi connectivity index (χ2n) is 6.11. The van der Waals surface area contributed by atoms with E-state index in [1.54, 1.807) is 7.11 Å². The highest BCUT2D eigenvalue weighted by Crippen LogP contribution is 2.58. The van der Waals surface area contributed by atoms with E-state index >= 15 is 0 Å². The van der Waals surface area contributed by atoms with Gasteiger partial charge in [-0.1, -0.05) is 20.8 Å². The first-order valence-electron chi connectivity index (χ1n) is 5.97. The van der Waals surface area contributed by atoms with Crippen molar-refractivity contribution in [3.8, 4) is 0 Å². The molecule has 17 heavy (non-hydrogen) atoms. The lowest BCUT2D eigenvalue weighted by atomic mass is 9.94. The second-order valence-corrected chi connectivity index (χ2v) is 10.3. The Morgan fingerprint density at radius 2 is 1.65 bits per heavy atom. The molecular weight excluding hydrogens is 348 g/mol. The van der Waals surface area contributed by atoms with E-state index in [0.717, 1.165) is 6.61 Å². The van der Waals surface area contributed by atoms with Gasteiger partial charge in [-0.05, 0) is 55.2 Å². The van der Waals surface area contributed by atoms with Crippen molar-refractivity contribution < 1.29 is 9.36 Å². The summed E-state index contributed by atoms with van der Waals surface area (Å²) in [5, 5.41) is 2.08. The molecule has 0 heterocycles. The first-order valence-corrected chi connectivity index (χ1v) is 10.1. The van der Waals surface area contributed by atoms with Crippen LogP contribution in [0.4, 0.5) is 0 Å². The molecule has 0 aromatic rings. The summed E-state index contributed by atoms with van der Waals surface area (Å²) >= 11 is 2.43. The Balaban J connectivity index is 5.16. The van der Waals surface area contributed by atoms with Crippen molar-refractivity contribution in [2.45, 2.75) is 59.8 Å². The number of hydrogen-bond donors (Lipinski definition) is 0. The molecule has 2 atom stereocenters. The van der Waals surface area contributed by atoms with Gasteiger partial charge in [0.25, 0.3) is 0 Å². The number of hydroxylamine groups is 2. The van der Waals surface area contributed by atoms with Crippen molar-refractivity contribution in [3.05, 3.63) is 0 Å². The number of nitrogens with zero attached hydrogens (tertiary/aromatic N) is 1. The summed E-state index contributed by atoms with van der Waals surface area (Å²) in [6, 6.07) is 0. The van der Waals surface area contributed by atoms with E-state index in [2.05, 4.69) is 68.6 Å². The molecule has 0 aliphatic heterocycles. The summed E-state index contributed by atoms with van der Waals surface area (Å²) in [5.74, 6) is -0.304. The van der Waals surface area contributed by atoms with E-state index in [-0.39, 0.29) is 16.7 Å². The summed E-state index contributed by atoms with van der Waals surface area (Å²) in [6.07, 6.45) is 0. The molecule has 0 aromatic carbocycles. The van der Waals surface area contributed by atoms with Gasteiger partial charge in [0.05, 0.1) is 12.9 Å². The number of rotatable bonds is 5. The Morgan fingerprint density at radius 1 is 1.18 bits per heavy atom. The summed E-state index contributed by atoms with van der Waals surface area (Å²) in [5.41, 5.74) is 0.0842. The van der Waals surface area contributed by atoms with Crippen LogP contribution in [0.2, 0.25) is 0 Å². The van der Waals surface area contributed by atoms with Gasteiger partial charge in [0, 0.05) is 12.1 Å². The molecule has 0 amide bonds. The first kappa shape index (κ1) is 18.0. The molecule has 0 aliphatic rings. The van der Waals surface area contributed by atoms with E-state index in [4.69, 9.17) is 9.36 Å². The predicted octanol–water partition coefficient (Wildman–Crippen LogP) is 4.80. The third-order valence-corrected chi connectivity index (χ3v) is 6.59. The van der Waals surface area contributed by atoms with E-state index in [9.17, 15) is 0 Å². The highest BCUT2D eigenvalue weighted by Gasteiger charge is 2.42. The van der Waals surface area contributed by atoms with Crippen molar-refractivity contribution >= 4 is 27.8 Å². The summed E-state index contributed by atoms with van der Waals surface area (Å²) < 4.78 is 5.84. The Kier molecular flexibility index (Phi) is 7.42. The minimum absolute atomic E-state index is 0.0322. The van der Waals surface area contributed by atoms with Gasteiger partial charge in [-0.15, -0.1) is 0 Å². The maximum absolute atomic E-state index is 5.84. The smallest absolute Gasteiger partial charge is 0.114 e. The zero-order chi connectivity index (χ0) is 13.9. The first-order chi connectivity index (χ1) is 7.55. The zero-order valence-electron chi connectivity index (χ0n) is 12.4. The topological polar surface area (TPSA) is 21.7 Å². The van der Waals surface area contributed by atoms with Crippen molar-refractivity contribution in [1.82, 2.24) is 5.06 Å². The minimum Gasteiger partial charge on any atom is -0.347 e. The van der Waals surface area contributed by atoms with Gasteiger partial charge in [0.15, 0.2) is 0 Å². The Hall–Kier alpha value is 1.04. The SMILES string of the molecule is CCOP(I)[C@H](N(OC)C(C)(C)C)C(C)(C)C. The fourth-order valence-electron chi connectivity index (χ4n) is 1.67. The highest BCUT2D eigenvalue weighted by molar-refractivity contribution is 14.2. The molecule has 0 spiro atoms. The lowest BCUT2D eigenvalue weighted by Gasteiger charge is -2.46. The van der Waals surface area contributed by atoms with Crippen LogP contribution in [-0.2, 0) is 9.36 Å². The van der Waals surface area contributed by atoms with Gasteiger partial charge < -0.3 is 9.36 Å². The van der Waals surface area contributed by atoms with Gasteiger partial charge in [0.1, 0.15) is 5.79 Å². The lowest BCUT2D eigenvalue weighted by Crippen LogP contribution is -2.51. The molecule has 0 radical (unpaired) electrons. The second kappa shape index (κ2) is 6.99. The molecular formula is C12H27INO2P. The van der Waals surface area contributed by atoms with Crippen LogP contribution in [0.3, 0.4) is 0 Å². The van der Waals surface area contributed by atoms with E-state index in [1.807, 2.05) is 6.92 Å². The molecule has 0 N–H and O–H groups in total. The molecule has 0 saturated carbocycles. The van der Waals surface area contributed by atoms with Crippen molar-refractivity contribution in [3.63, 3.8) is 0 Å². The fraction of sp³-hybridized carbons (Fsp3) is 1.00. The third-order valence-electron chi connectivity index (χ3n) is 2.30. The van der Waals surface area contributed by atoms with Crippen LogP contribution in [0, 0.1) is 5.41 Å². The lowest BCUT2D eigenvalue weighted by molar-refractivity contribution is -0.213. The minimum atomic E-state index is -0.571. The largest absolute Gasteiger partial charge is 0.347 e. The molecule has 104 valence electrons. The van der Waals surface area contributed by atoms with E-state index in [0.29, 0.717) is 0 Å². The molecule has 0 aromatic heterocycles. The van der Waals surface area contributed by atoms with Crippen molar-refractivity contribution in [2.24, 2.45) is 5.41 Å². The van der Waals surface area contributed by atoms with Crippen molar-refractivity contribution in [1.29, 1.82) is 0 Å². The normalized spacial score (nSPS) is 17.3. The number of halogens is 1. The Bertz CT molecular complexity index is 226. The Morgan fingerprint density at radius 3 is 1.88 bits per heavy atom. The van der Waals surface area contributed by atoms with E-state index < -0.39 is 5.79 Å². The molecule has 0 saturated heterocycles.